The maximum Gasteiger partial charge on any atom is 0.328 e. The molecule has 1 aromatic heterocycles. The second-order valence-electron chi connectivity index (χ2n) is 3.84. The maximum atomic E-state index is 10.9. The molecule has 0 spiro atoms. The third-order valence-corrected chi connectivity index (χ3v) is 2.61. The standard InChI is InChI=1S/C9H10BrN3O4/c1-9(2,8(14)15)12-7-6(10)3-5(4-11-7)13(16)17/h3-4H,1-2H3,(H,11,12)(H,14,15). The molecule has 0 bridgehead atoms. The van der Waals surface area contributed by atoms with E-state index < -0.39 is 16.4 Å². The summed E-state index contributed by atoms with van der Waals surface area (Å²) in [6.45, 7) is 2.93. The average Bonchev–Trinajstić information content (AvgIpc) is 2.20. The van der Waals surface area contributed by atoms with Crippen LogP contribution >= 0.6 is 15.9 Å². The van der Waals surface area contributed by atoms with Gasteiger partial charge in [0.25, 0.3) is 5.69 Å². The normalized spacial score (nSPS) is 11.0. The van der Waals surface area contributed by atoms with E-state index >= 15 is 0 Å². The fourth-order valence-corrected chi connectivity index (χ4v) is 1.41. The van der Waals surface area contributed by atoms with Crippen LogP contribution in [0, 0.1) is 10.1 Å². The fourth-order valence-electron chi connectivity index (χ4n) is 0.969. The first kappa shape index (κ1) is 13.4. The fraction of sp³-hybridized carbons (Fsp3) is 0.333. The summed E-state index contributed by atoms with van der Waals surface area (Å²) in [4.78, 5) is 24.6. The highest BCUT2D eigenvalue weighted by atomic mass is 79.9. The molecule has 0 aliphatic heterocycles. The summed E-state index contributed by atoms with van der Waals surface area (Å²) in [6.07, 6.45) is 1.06. The molecule has 0 aliphatic carbocycles. The van der Waals surface area contributed by atoms with Crippen LogP contribution in [0.4, 0.5) is 11.5 Å². The Bertz CT molecular complexity index is 475. The molecule has 0 radical (unpaired) electrons. The highest BCUT2D eigenvalue weighted by Gasteiger charge is 2.28. The van der Waals surface area contributed by atoms with Crippen LogP contribution in [0.1, 0.15) is 13.8 Å². The van der Waals surface area contributed by atoms with Gasteiger partial charge < -0.3 is 10.4 Å². The maximum absolute atomic E-state index is 10.9. The molecule has 1 aromatic rings. The van der Waals surface area contributed by atoms with Crippen LogP contribution in [0.5, 0.6) is 0 Å². The van der Waals surface area contributed by atoms with E-state index in [0.717, 1.165) is 6.20 Å². The summed E-state index contributed by atoms with van der Waals surface area (Å²) in [5.41, 5.74) is -1.39. The number of nitro groups is 1. The molecule has 0 saturated carbocycles. The van der Waals surface area contributed by atoms with Crippen molar-refractivity contribution < 1.29 is 14.8 Å². The van der Waals surface area contributed by atoms with Crippen molar-refractivity contribution in [2.24, 2.45) is 0 Å². The van der Waals surface area contributed by atoms with Gasteiger partial charge in [0, 0.05) is 6.07 Å². The molecular weight excluding hydrogens is 294 g/mol. The van der Waals surface area contributed by atoms with Gasteiger partial charge in [0.1, 0.15) is 17.6 Å². The third-order valence-electron chi connectivity index (χ3n) is 2.00. The predicted molar refractivity (Wildman–Crippen MR) is 63.9 cm³/mol. The summed E-state index contributed by atoms with van der Waals surface area (Å²) in [5.74, 6) is -0.812. The lowest BCUT2D eigenvalue weighted by Gasteiger charge is -2.22. The Balaban J connectivity index is 3.02. The number of rotatable bonds is 4. The number of nitrogens with zero attached hydrogens (tertiary/aromatic N) is 2. The first-order valence-electron chi connectivity index (χ1n) is 4.55. The first-order valence-corrected chi connectivity index (χ1v) is 5.35. The van der Waals surface area contributed by atoms with Crippen molar-refractivity contribution in [2.75, 3.05) is 5.32 Å². The van der Waals surface area contributed by atoms with E-state index in [9.17, 15) is 14.9 Å². The summed E-state index contributed by atoms with van der Waals surface area (Å²) in [7, 11) is 0. The molecule has 0 aliphatic rings. The van der Waals surface area contributed by atoms with Crippen molar-refractivity contribution in [3.05, 3.63) is 26.9 Å². The minimum absolute atomic E-state index is 0.171. The SMILES string of the molecule is CC(C)(Nc1ncc([N+](=O)[O-])cc1Br)C(=O)O. The van der Waals surface area contributed by atoms with Crippen LogP contribution in [-0.4, -0.2) is 26.5 Å². The number of aromatic nitrogens is 1. The number of aliphatic carboxylic acids is 1. The van der Waals surface area contributed by atoms with E-state index in [1.165, 1.54) is 19.9 Å². The van der Waals surface area contributed by atoms with Gasteiger partial charge in [-0.25, -0.2) is 9.78 Å². The molecule has 0 unspecified atom stereocenters. The van der Waals surface area contributed by atoms with E-state index in [4.69, 9.17) is 5.11 Å². The first-order chi connectivity index (χ1) is 7.74. The number of anilines is 1. The van der Waals surface area contributed by atoms with Gasteiger partial charge in [-0.3, -0.25) is 10.1 Å². The number of carboxylic acid groups (broad SMARTS) is 1. The van der Waals surface area contributed by atoms with Crippen molar-refractivity contribution in [3.8, 4) is 0 Å². The number of hydrogen-bond acceptors (Lipinski definition) is 5. The van der Waals surface area contributed by atoms with Crippen LogP contribution < -0.4 is 5.32 Å². The van der Waals surface area contributed by atoms with Gasteiger partial charge in [-0.15, -0.1) is 0 Å². The lowest BCUT2D eigenvalue weighted by molar-refractivity contribution is -0.385. The lowest BCUT2D eigenvalue weighted by Crippen LogP contribution is -2.40. The van der Waals surface area contributed by atoms with Crippen LogP contribution in [-0.2, 0) is 4.79 Å². The zero-order valence-electron chi connectivity index (χ0n) is 9.10. The van der Waals surface area contributed by atoms with Crippen LogP contribution in [0.25, 0.3) is 0 Å². The summed E-state index contributed by atoms with van der Waals surface area (Å²) in [6, 6.07) is 1.26. The second kappa shape index (κ2) is 4.66. The largest absolute Gasteiger partial charge is 0.480 e. The molecule has 1 rings (SSSR count). The molecule has 0 amide bonds. The number of carboxylic acids is 1. The van der Waals surface area contributed by atoms with Crippen molar-refractivity contribution in [3.63, 3.8) is 0 Å². The van der Waals surface area contributed by atoms with E-state index in [1.807, 2.05) is 0 Å². The zero-order chi connectivity index (χ0) is 13.2. The quantitative estimate of drug-likeness (QED) is 0.651. The molecule has 8 heteroatoms. The van der Waals surface area contributed by atoms with Gasteiger partial charge in [-0.05, 0) is 29.8 Å². The van der Waals surface area contributed by atoms with Crippen LogP contribution in [0.2, 0.25) is 0 Å². The van der Waals surface area contributed by atoms with Gasteiger partial charge in [0.2, 0.25) is 0 Å². The molecule has 2 N–H and O–H groups in total. The number of halogens is 1. The molecule has 92 valence electrons. The van der Waals surface area contributed by atoms with E-state index in [1.54, 1.807) is 0 Å². The van der Waals surface area contributed by atoms with Crippen molar-refractivity contribution in [1.29, 1.82) is 0 Å². The van der Waals surface area contributed by atoms with Gasteiger partial charge in [0.15, 0.2) is 0 Å². The Kier molecular flexibility index (Phi) is 3.66. The zero-order valence-corrected chi connectivity index (χ0v) is 10.7. The molecule has 0 fully saturated rings. The highest BCUT2D eigenvalue weighted by Crippen LogP contribution is 2.26. The van der Waals surface area contributed by atoms with Crippen LogP contribution in [0.3, 0.4) is 0 Å². The molecule has 1 heterocycles. The summed E-state index contributed by atoms with van der Waals surface area (Å²) in [5, 5.41) is 22.1. The summed E-state index contributed by atoms with van der Waals surface area (Å²) < 4.78 is 0.334. The average molecular weight is 304 g/mol. The minimum Gasteiger partial charge on any atom is -0.480 e. The van der Waals surface area contributed by atoms with Crippen LogP contribution in [0.15, 0.2) is 16.7 Å². The van der Waals surface area contributed by atoms with E-state index in [0.29, 0.717) is 4.47 Å². The Morgan fingerprint density at radius 1 is 1.65 bits per heavy atom. The molecule has 0 saturated heterocycles. The summed E-state index contributed by atoms with van der Waals surface area (Å²) >= 11 is 3.09. The minimum atomic E-state index is -1.22. The molecule has 7 nitrogen and oxygen atoms in total. The second-order valence-corrected chi connectivity index (χ2v) is 4.69. The monoisotopic (exact) mass is 303 g/mol. The highest BCUT2D eigenvalue weighted by molar-refractivity contribution is 9.10. The third kappa shape index (κ3) is 3.13. The predicted octanol–water partition coefficient (Wildman–Crippen LogP) is 2.03. The number of nitrogens with one attached hydrogen (secondary N) is 1. The van der Waals surface area contributed by atoms with Crippen molar-refractivity contribution in [2.45, 2.75) is 19.4 Å². The van der Waals surface area contributed by atoms with Crippen molar-refractivity contribution >= 4 is 33.4 Å². The van der Waals surface area contributed by atoms with Crippen molar-refractivity contribution in [1.82, 2.24) is 4.98 Å². The van der Waals surface area contributed by atoms with Gasteiger partial charge in [0.05, 0.1) is 9.40 Å². The Morgan fingerprint density at radius 2 is 2.24 bits per heavy atom. The number of carbonyl (C=O) groups is 1. The van der Waals surface area contributed by atoms with Gasteiger partial charge >= 0.3 is 5.97 Å². The smallest absolute Gasteiger partial charge is 0.328 e. The molecule has 17 heavy (non-hydrogen) atoms. The van der Waals surface area contributed by atoms with E-state index in [-0.39, 0.29) is 11.5 Å². The molecule has 0 atom stereocenters. The Morgan fingerprint density at radius 3 is 2.65 bits per heavy atom. The van der Waals surface area contributed by atoms with E-state index in [2.05, 4.69) is 26.2 Å². The topological polar surface area (TPSA) is 105 Å². The van der Waals surface area contributed by atoms with Gasteiger partial charge in [-0.1, -0.05) is 0 Å². The van der Waals surface area contributed by atoms with Gasteiger partial charge in [-0.2, -0.15) is 0 Å². The lowest BCUT2D eigenvalue weighted by atomic mass is 10.1. The Labute approximate surface area is 105 Å². The number of pyridine rings is 1. The Hall–Kier alpha value is -1.70. The molecule has 0 aromatic carbocycles. The number of hydrogen-bond donors (Lipinski definition) is 2. The molecular formula is C9H10BrN3O4.